The molecule has 5 heteroatoms. The maximum absolute atomic E-state index is 13.1. The minimum atomic E-state index is -0.475. The van der Waals surface area contributed by atoms with Gasteiger partial charge in [-0.25, -0.2) is 9.87 Å². The molecule has 0 unspecified atom stereocenters. The highest BCUT2D eigenvalue weighted by Crippen LogP contribution is 2.20. The Kier molecular flexibility index (Phi) is 4.89. The van der Waals surface area contributed by atoms with Gasteiger partial charge in [-0.2, -0.15) is 0 Å². The van der Waals surface area contributed by atoms with Crippen molar-refractivity contribution in [1.29, 1.82) is 0 Å². The molecule has 0 bridgehead atoms. The zero-order valence-electron chi connectivity index (χ0n) is 9.09. The largest absolute Gasteiger partial charge is 0.276 e. The topological polar surface area (TPSA) is 38.3 Å². The molecule has 0 heterocycles. The zero-order chi connectivity index (χ0) is 12.1. The van der Waals surface area contributed by atoms with E-state index in [1.165, 1.54) is 18.2 Å². The van der Waals surface area contributed by atoms with Gasteiger partial charge in [-0.05, 0) is 34.0 Å². The fourth-order valence-electron chi connectivity index (χ4n) is 1.01. The molecule has 0 aliphatic rings. The Morgan fingerprint density at radius 2 is 2.25 bits per heavy atom. The van der Waals surface area contributed by atoms with Gasteiger partial charge in [0.2, 0.25) is 0 Å². The van der Waals surface area contributed by atoms with Crippen LogP contribution in [0.15, 0.2) is 22.7 Å². The molecular formula is C11H13BrFNO2. The average Bonchev–Trinajstić information content (AvgIpc) is 2.21. The van der Waals surface area contributed by atoms with E-state index in [-0.39, 0.29) is 10.0 Å². The summed E-state index contributed by atoms with van der Waals surface area (Å²) in [6.07, 6.45) is 0. The number of benzene rings is 1. The average molecular weight is 290 g/mol. The van der Waals surface area contributed by atoms with Crippen molar-refractivity contribution in [3.8, 4) is 0 Å². The lowest BCUT2D eigenvalue weighted by atomic mass is 10.2. The van der Waals surface area contributed by atoms with E-state index in [2.05, 4.69) is 21.4 Å². The number of amides is 1. The second kappa shape index (κ2) is 5.96. The number of hydroxylamine groups is 1. The summed E-state index contributed by atoms with van der Waals surface area (Å²) in [6.45, 7) is 4.34. The normalized spacial score (nSPS) is 10.6. The molecule has 16 heavy (non-hydrogen) atoms. The molecule has 88 valence electrons. The van der Waals surface area contributed by atoms with Gasteiger partial charge in [0.05, 0.1) is 16.6 Å². The van der Waals surface area contributed by atoms with Gasteiger partial charge in [-0.1, -0.05) is 19.9 Å². The summed E-state index contributed by atoms with van der Waals surface area (Å²) in [5.41, 5.74) is 2.47. The lowest BCUT2D eigenvalue weighted by Crippen LogP contribution is -2.26. The fourth-order valence-corrected chi connectivity index (χ4v) is 1.45. The van der Waals surface area contributed by atoms with E-state index in [1.54, 1.807) is 0 Å². The predicted molar refractivity (Wildman–Crippen MR) is 62.4 cm³/mol. The van der Waals surface area contributed by atoms with E-state index in [4.69, 9.17) is 4.84 Å². The fraction of sp³-hybridized carbons (Fsp3) is 0.364. The number of halogens is 2. The molecular weight excluding hydrogens is 277 g/mol. The molecule has 1 rings (SSSR count). The van der Waals surface area contributed by atoms with Crippen LogP contribution in [0, 0.1) is 11.7 Å². The molecule has 1 aromatic rings. The maximum atomic E-state index is 13.1. The van der Waals surface area contributed by atoms with Gasteiger partial charge in [-0.3, -0.25) is 9.63 Å². The Hall–Kier alpha value is -0.940. The van der Waals surface area contributed by atoms with Crippen LogP contribution in [0.4, 0.5) is 4.39 Å². The molecule has 1 N–H and O–H groups in total. The monoisotopic (exact) mass is 289 g/mol. The smallest absolute Gasteiger partial charge is 0.273 e. The van der Waals surface area contributed by atoms with Gasteiger partial charge in [0, 0.05) is 0 Å². The van der Waals surface area contributed by atoms with Gasteiger partial charge >= 0.3 is 0 Å². The van der Waals surface area contributed by atoms with E-state index in [1.807, 2.05) is 13.8 Å². The molecule has 0 saturated carbocycles. The Balaban J connectivity index is 2.63. The van der Waals surface area contributed by atoms with Gasteiger partial charge in [0.1, 0.15) is 5.82 Å². The van der Waals surface area contributed by atoms with E-state index >= 15 is 0 Å². The number of hydrogen-bond acceptors (Lipinski definition) is 2. The van der Waals surface area contributed by atoms with E-state index in [0.717, 1.165) is 0 Å². The number of carbonyl (C=O) groups excluding carboxylic acids is 1. The molecule has 0 radical (unpaired) electrons. The maximum Gasteiger partial charge on any atom is 0.276 e. The molecule has 0 spiro atoms. The number of rotatable bonds is 4. The summed E-state index contributed by atoms with van der Waals surface area (Å²) >= 11 is 3.01. The second-order valence-electron chi connectivity index (χ2n) is 3.74. The SMILES string of the molecule is CC(C)CONC(=O)c1cccc(F)c1Br. The van der Waals surface area contributed by atoms with Crippen molar-refractivity contribution >= 4 is 21.8 Å². The van der Waals surface area contributed by atoms with Gasteiger partial charge in [0.25, 0.3) is 5.91 Å². The number of hydrogen-bond donors (Lipinski definition) is 1. The first kappa shape index (κ1) is 13.1. The van der Waals surface area contributed by atoms with E-state index < -0.39 is 11.7 Å². The van der Waals surface area contributed by atoms with Crippen molar-refractivity contribution in [1.82, 2.24) is 5.48 Å². The van der Waals surface area contributed by atoms with Crippen molar-refractivity contribution in [2.24, 2.45) is 5.92 Å². The first-order valence-corrected chi connectivity index (χ1v) is 5.67. The zero-order valence-corrected chi connectivity index (χ0v) is 10.7. The van der Waals surface area contributed by atoms with Crippen LogP contribution in [0.3, 0.4) is 0 Å². The first-order valence-electron chi connectivity index (χ1n) is 4.88. The van der Waals surface area contributed by atoms with E-state index in [9.17, 15) is 9.18 Å². The lowest BCUT2D eigenvalue weighted by molar-refractivity contribution is 0.0207. The third-order valence-electron chi connectivity index (χ3n) is 1.78. The van der Waals surface area contributed by atoms with Gasteiger partial charge in [0.15, 0.2) is 0 Å². The van der Waals surface area contributed by atoms with Crippen molar-refractivity contribution in [3.63, 3.8) is 0 Å². The molecule has 0 saturated heterocycles. The van der Waals surface area contributed by atoms with Crippen LogP contribution in [0.5, 0.6) is 0 Å². The van der Waals surface area contributed by atoms with Gasteiger partial charge in [-0.15, -0.1) is 0 Å². The molecule has 0 aliphatic heterocycles. The summed E-state index contributed by atoms with van der Waals surface area (Å²) in [5.74, 6) is -0.625. The van der Waals surface area contributed by atoms with Crippen LogP contribution in [0.2, 0.25) is 0 Å². The third-order valence-corrected chi connectivity index (χ3v) is 2.58. The van der Waals surface area contributed by atoms with Gasteiger partial charge < -0.3 is 0 Å². The third kappa shape index (κ3) is 3.57. The Bertz CT molecular complexity index is 382. The standard InChI is InChI=1S/C11H13BrFNO2/c1-7(2)6-16-14-11(15)8-4-3-5-9(13)10(8)12/h3-5,7H,6H2,1-2H3,(H,14,15). The summed E-state index contributed by atoms with van der Waals surface area (Å²) < 4.78 is 13.3. The van der Waals surface area contributed by atoms with Crippen LogP contribution >= 0.6 is 15.9 Å². The van der Waals surface area contributed by atoms with Crippen LogP contribution in [0.25, 0.3) is 0 Å². The minimum absolute atomic E-state index is 0.139. The molecule has 0 aromatic heterocycles. The highest BCUT2D eigenvalue weighted by Gasteiger charge is 2.12. The summed E-state index contributed by atoms with van der Waals surface area (Å²) in [7, 11) is 0. The van der Waals surface area contributed by atoms with Crippen molar-refractivity contribution in [2.45, 2.75) is 13.8 Å². The predicted octanol–water partition coefficient (Wildman–Crippen LogP) is 2.91. The Morgan fingerprint density at radius 3 is 2.88 bits per heavy atom. The molecule has 0 atom stereocenters. The van der Waals surface area contributed by atoms with Crippen molar-refractivity contribution in [3.05, 3.63) is 34.1 Å². The van der Waals surface area contributed by atoms with E-state index in [0.29, 0.717) is 12.5 Å². The minimum Gasteiger partial charge on any atom is -0.273 e. The summed E-state index contributed by atoms with van der Waals surface area (Å²) in [6, 6.07) is 4.26. The Labute approximate surface area is 102 Å². The molecule has 1 aromatic carbocycles. The van der Waals surface area contributed by atoms with Crippen molar-refractivity contribution < 1.29 is 14.0 Å². The first-order chi connectivity index (χ1) is 7.52. The summed E-state index contributed by atoms with van der Waals surface area (Å²) in [5, 5.41) is 0. The Morgan fingerprint density at radius 1 is 1.56 bits per heavy atom. The number of nitrogens with one attached hydrogen (secondary N) is 1. The van der Waals surface area contributed by atoms with Crippen LogP contribution in [0.1, 0.15) is 24.2 Å². The molecule has 0 aliphatic carbocycles. The lowest BCUT2D eigenvalue weighted by Gasteiger charge is -2.09. The van der Waals surface area contributed by atoms with Crippen molar-refractivity contribution in [2.75, 3.05) is 6.61 Å². The molecule has 1 amide bonds. The second-order valence-corrected chi connectivity index (χ2v) is 4.53. The number of carbonyl (C=O) groups is 1. The molecule has 0 fully saturated rings. The highest BCUT2D eigenvalue weighted by molar-refractivity contribution is 9.10. The van der Waals surface area contributed by atoms with Crippen LogP contribution in [-0.2, 0) is 4.84 Å². The summed E-state index contributed by atoms with van der Waals surface area (Å²) in [4.78, 5) is 16.5. The highest BCUT2D eigenvalue weighted by atomic mass is 79.9. The quantitative estimate of drug-likeness (QED) is 0.866. The molecule has 3 nitrogen and oxygen atoms in total. The van der Waals surface area contributed by atoms with Crippen LogP contribution in [-0.4, -0.2) is 12.5 Å². The van der Waals surface area contributed by atoms with Crippen LogP contribution < -0.4 is 5.48 Å².